The molecule has 1 unspecified atom stereocenters. The van der Waals surface area contributed by atoms with E-state index in [2.05, 4.69) is 17.0 Å². The van der Waals surface area contributed by atoms with Crippen molar-refractivity contribution in [3.05, 3.63) is 53.6 Å². The Morgan fingerprint density at radius 3 is 2.73 bits per heavy atom. The van der Waals surface area contributed by atoms with Gasteiger partial charge in [-0.15, -0.1) is 0 Å². The van der Waals surface area contributed by atoms with Crippen LogP contribution in [-0.4, -0.2) is 38.3 Å². The van der Waals surface area contributed by atoms with E-state index < -0.39 is 0 Å². The summed E-state index contributed by atoms with van der Waals surface area (Å²) in [5.74, 6) is 1.07. The Balaban J connectivity index is 1.53. The number of rotatable bonds is 4. The lowest BCUT2D eigenvalue weighted by Crippen LogP contribution is -2.18. The van der Waals surface area contributed by atoms with E-state index in [0.717, 1.165) is 40.6 Å². The fraction of sp³-hybridized carbons (Fsp3) is 0.300. The van der Waals surface area contributed by atoms with Gasteiger partial charge in [0.15, 0.2) is 5.13 Å². The molecule has 1 aliphatic heterocycles. The predicted molar refractivity (Wildman–Crippen MR) is 104 cm³/mol. The summed E-state index contributed by atoms with van der Waals surface area (Å²) in [6.07, 6.45) is 1.11. The molecule has 0 aliphatic carbocycles. The van der Waals surface area contributed by atoms with Gasteiger partial charge in [-0.3, -0.25) is 0 Å². The van der Waals surface area contributed by atoms with E-state index in [1.165, 1.54) is 12.7 Å². The summed E-state index contributed by atoms with van der Waals surface area (Å²) in [7, 11) is 3.08. The zero-order valence-electron chi connectivity index (χ0n) is 14.8. The maximum absolute atomic E-state index is 11.7. The molecule has 0 spiro atoms. The number of thiazole rings is 1. The Morgan fingerprint density at radius 1 is 1.19 bits per heavy atom. The largest absolute Gasteiger partial charge is 0.497 e. The van der Waals surface area contributed by atoms with Crippen molar-refractivity contribution in [1.82, 2.24) is 4.98 Å². The number of aromatic nitrogens is 1. The van der Waals surface area contributed by atoms with E-state index >= 15 is 0 Å². The van der Waals surface area contributed by atoms with Gasteiger partial charge >= 0.3 is 5.97 Å². The number of carbonyl (C=O) groups is 1. The van der Waals surface area contributed by atoms with Crippen LogP contribution >= 0.6 is 11.3 Å². The fourth-order valence-electron chi connectivity index (χ4n) is 3.37. The number of anilines is 1. The Kier molecular flexibility index (Phi) is 4.51. The smallest absolute Gasteiger partial charge is 0.337 e. The first-order chi connectivity index (χ1) is 12.7. The topological polar surface area (TPSA) is 51.7 Å². The van der Waals surface area contributed by atoms with Crippen LogP contribution in [0.2, 0.25) is 0 Å². The number of nitrogens with zero attached hydrogens (tertiary/aromatic N) is 2. The minimum absolute atomic E-state index is 0.317. The Hall–Kier alpha value is -2.60. The van der Waals surface area contributed by atoms with Gasteiger partial charge in [-0.05, 0) is 42.3 Å². The van der Waals surface area contributed by atoms with E-state index in [4.69, 9.17) is 14.5 Å². The molecule has 0 amide bonds. The molecule has 4 rings (SSSR count). The van der Waals surface area contributed by atoms with E-state index in [1.54, 1.807) is 24.5 Å². The molecule has 0 N–H and O–H groups in total. The minimum Gasteiger partial charge on any atom is -0.497 e. The van der Waals surface area contributed by atoms with Gasteiger partial charge in [-0.25, -0.2) is 9.78 Å². The van der Waals surface area contributed by atoms with Crippen molar-refractivity contribution < 1.29 is 14.3 Å². The lowest BCUT2D eigenvalue weighted by molar-refractivity contribution is 0.0601. The van der Waals surface area contributed by atoms with Crippen LogP contribution < -0.4 is 9.64 Å². The van der Waals surface area contributed by atoms with E-state index in [1.807, 2.05) is 24.3 Å². The van der Waals surface area contributed by atoms with Crippen molar-refractivity contribution >= 4 is 32.7 Å². The maximum Gasteiger partial charge on any atom is 0.337 e. The molecule has 3 aromatic rings. The van der Waals surface area contributed by atoms with Crippen LogP contribution in [0.25, 0.3) is 10.2 Å². The van der Waals surface area contributed by atoms with Crippen molar-refractivity contribution in [1.29, 1.82) is 0 Å². The van der Waals surface area contributed by atoms with E-state index in [0.29, 0.717) is 11.5 Å². The van der Waals surface area contributed by atoms with Gasteiger partial charge in [0.25, 0.3) is 0 Å². The van der Waals surface area contributed by atoms with Gasteiger partial charge in [-0.2, -0.15) is 0 Å². The number of hydrogen-bond acceptors (Lipinski definition) is 6. The zero-order chi connectivity index (χ0) is 18.1. The van der Waals surface area contributed by atoms with Crippen LogP contribution in [0, 0.1) is 0 Å². The molecule has 1 aliphatic rings. The van der Waals surface area contributed by atoms with Crippen LogP contribution in [0.15, 0.2) is 42.5 Å². The highest BCUT2D eigenvalue weighted by Crippen LogP contribution is 2.36. The Morgan fingerprint density at radius 2 is 2.00 bits per heavy atom. The van der Waals surface area contributed by atoms with Crippen molar-refractivity contribution in [3.8, 4) is 5.75 Å². The van der Waals surface area contributed by atoms with Crippen molar-refractivity contribution in [3.63, 3.8) is 0 Å². The summed E-state index contributed by atoms with van der Waals surface area (Å²) in [4.78, 5) is 18.8. The quantitative estimate of drug-likeness (QED) is 0.650. The molecule has 5 nitrogen and oxygen atoms in total. The third-order valence-electron chi connectivity index (χ3n) is 4.84. The summed E-state index contributed by atoms with van der Waals surface area (Å²) in [5, 5.41) is 1.01. The number of fused-ring (bicyclic) bond motifs is 1. The fourth-order valence-corrected chi connectivity index (χ4v) is 4.41. The normalized spacial score (nSPS) is 16.8. The Bertz CT molecular complexity index is 936. The number of esters is 1. The summed E-state index contributed by atoms with van der Waals surface area (Å²) >= 11 is 1.63. The first kappa shape index (κ1) is 16.8. The number of methoxy groups -OCH3 is 2. The summed E-state index contributed by atoms with van der Waals surface area (Å²) in [5.41, 5.74) is 2.82. The van der Waals surface area contributed by atoms with Crippen LogP contribution in [0.5, 0.6) is 5.75 Å². The molecule has 26 heavy (non-hydrogen) atoms. The molecule has 0 radical (unpaired) electrons. The molecule has 1 fully saturated rings. The van der Waals surface area contributed by atoms with Gasteiger partial charge in [-0.1, -0.05) is 23.5 Å². The van der Waals surface area contributed by atoms with E-state index in [9.17, 15) is 4.79 Å². The summed E-state index contributed by atoms with van der Waals surface area (Å²) in [6, 6.07) is 13.8. The van der Waals surface area contributed by atoms with Gasteiger partial charge in [0.1, 0.15) is 5.75 Å². The third-order valence-corrected chi connectivity index (χ3v) is 5.92. The first-order valence-electron chi connectivity index (χ1n) is 8.55. The predicted octanol–water partition coefficient (Wildman–Crippen LogP) is 4.09. The highest BCUT2D eigenvalue weighted by atomic mass is 32.1. The van der Waals surface area contributed by atoms with Crippen molar-refractivity contribution in [2.24, 2.45) is 0 Å². The van der Waals surface area contributed by atoms with Gasteiger partial charge < -0.3 is 14.4 Å². The van der Waals surface area contributed by atoms with Gasteiger partial charge in [0.2, 0.25) is 0 Å². The third kappa shape index (κ3) is 3.12. The van der Waals surface area contributed by atoms with E-state index in [-0.39, 0.29) is 5.97 Å². The molecule has 2 aromatic carbocycles. The molecule has 0 bridgehead atoms. The Labute approximate surface area is 156 Å². The first-order valence-corrected chi connectivity index (χ1v) is 9.37. The molecule has 1 aromatic heterocycles. The molecular formula is C20H20N2O3S. The molecule has 0 saturated carbocycles. The molecule has 6 heteroatoms. The summed E-state index contributed by atoms with van der Waals surface area (Å²) in [6.45, 7) is 1.94. The maximum atomic E-state index is 11.7. The average Bonchev–Trinajstić information content (AvgIpc) is 3.33. The molecule has 1 saturated heterocycles. The zero-order valence-corrected chi connectivity index (χ0v) is 15.6. The van der Waals surface area contributed by atoms with Crippen molar-refractivity contribution in [2.75, 3.05) is 32.2 Å². The standard InChI is InChI=1S/C20H20N2O3S/c1-24-16-6-3-13(4-7-16)15-9-10-22(12-15)20-21-17-8-5-14(19(23)25-2)11-18(17)26-20/h3-8,11,15H,9-10,12H2,1-2H3. The lowest BCUT2D eigenvalue weighted by Gasteiger charge is -2.15. The number of carbonyl (C=O) groups excluding carboxylic acids is 1. The second kappa shape index (κ2) is 6.96. The SMILES string of the molecule is COC(=O)c1ccc2nc(N3CCC(c4ccc(OC)cc4)C3)sc2c1. The van der Waals surface area contributed by atoms with Crippen LogP contribution in [0.1, 0.15) is 28.3 Å². The van der Waals surface area contributed by atoms with Crippen LogP contribution in [0.3, 0.4) is 0 Å². The minimum atomic E-state index is -0.317. The molecular weight excluding hydrogens is 348 g/mol. The second-order valence-corrected chi connectivity index (χ2v) is 7.38. The molecule has 134 valence electrons. The molecule has 2 heterocycles. The second-order valence-electron chi connectivity index (χ2n) is 6.38. The summed E-state index contributed by atoms with van der Waals surface area (Å²) < 4.78 is 11.0. The number of hydrogen-bond donors (Lipinski definition) is 0. The number of ether oxygens (including phenoxy) is 2. The molecule has 1 atom stereocenters. The van der Waals surface area contributed by atoms with Gasteiger partial charge in [0, 0.05) is 19.0 Å². The van der Waals surface area contributed by atoms with Crippen molar-refractivity contribution in [2.45, 2.75) is 12.3 Å². The average molecular weight is 368 g/mol. The highest BCUT2D eigenvalue weighted by molar-refractivity contribution is 7.22. The van der Waals surface area contributed by atoms with Crippen LogP contribution in [-0.2, 0) is 4.74 Å². The monoisotopic (exact) mass is 368 g/mol. The lowest BCUT2D eigenvalue weighted by atomic mass is 9.98. The van der Waals surface area contributed by atoms with Gasteiger partial charge in [0.05, 0.1) is 30.0 Å². The number of benzene rings is 2. The highest BCUT2D eigenvalue weighted by Gasteiger charge is 2.26. The van der Waals surface area contributed by atoms with Crippen LogP contribution in [0.4, 0.5) is 5.13 Å².